The number of thioether (sulfide) groups is 1. The van der Waals surface area contributed by atoms with Crippen LogP contribution in [0.1, 0.15) is 13.3 Å². The fourth-order valence-corrected chi connectivity index (χ4v) is 2.73. The van der Waals surface area contributed by atoms with E-state index < -0.39 is 0 Å². The number of hydrogen-bond donors (Lipinski definition) is 0. The van der Waals surface area contributed by atoms with E-state index in [0.717, 1.165) is 10.9 Å². The van der Waals surface area contributed by atoms with Crippen molar-refractivity contribution in [1.82, 2.24) is 14.9 Å². The van der Waals surface area contributed by atoms with Gasteiger partial charge in [-0.15, -0.1) is 10.2 Å². The highest BCUT2D eigenvalue weighted by Gasteiger charge is 2.27. The standard InChI is InChI=1S/C11H12N4O2S/c1-2-9(16)14-5-7-18-11-13-12-10(15(11)14)8-4-3-6-17-8/h3-4,6H,2,5,7H2,1H3. The highest BCUT2D eigenvalue weighted by Crippen LogP contribution is 2.27. The van der Waals surface area contributed by atoms with Crippen LogP contribution in [0, 0.1) is 0 Å². The summed E-state index contributed by atoms with van der Waals surface area (Å²) in [6.45, 7) is 2.51. The van der Waals surface area contributed by atoms with Gasteiger partial charge < -0.3 is 4.42 Å². The molecule has 1 aliphatic heterocycles. The van der Waals surface area contributed by atoms with Gasteiger partial charge in [0.05, 0.1) is 12.8 Å². The van der Waals surface area contributed by atoms with E-state index in [9.17, 15) is 4.79 Å². The van der Waals surface area contributed by atoms with E-state index in [2.05, 4.69) is 10.2 Å². The lowest BCUT2D eigenvalue weighted by molar-refractivity contribution is -0.119. The Morgan fingerprint density at radius 2 is 2.44 bits per heavy atom. The Morgan fingerprint density at radius 3 is 3.17 bits per heavy atom. The number of carbonyl (C=O) groups excluding carboxylic acids is 1. The molecule has 2 aromatic rings. The van der Waals surface area contributed by atoms with Crippen LogP contribution in [0.3, 0.4) is 0 Å². The van der Waals surface area contributed by atoms with Crippen LogP contribution in [0.15, 0.2) is 28.0 Å². The molecule has 0 spiro atoms. The maximum Gasteiger partial charge on any atom is 0.241 e. The van der Waals surface area contributed by atoms with E-state index in [-0.39, 0.29) is 5.91 Å². The average Bonchev–Trinajstić information content (AvgIpc) is 3.05. The molecule has 0 N–H and O–H groups in total. The van der Waals surface area contributed by atoms with Crippen molar-refractivity contribution in [2.45, 2.75) is 18.5 Å². The maximum absolute atomic E-state index is 12.0. The van der Waals surface area contributed by atoms with Gasteiger partial charge in [-0.05, 0) is 12.1 Å². The van der Waals surface area contributed by atoms with Crippen LogP contribution in [0.5, 0.6) is 0 Å². The summed E-state index contributed by atoms with van der Waals surface area (Å²) in [5.41, 5.74) is 0. The Hall–Kier alpha value is -1.76. The molecule has 0 aliphatic carbocycles. The lowest BCUT2D eigenvalue weighted by Crippen LogP contribution is -2.44. The fraction of sp³-hybridized carbons (Fsp3) is 0.364. The van der Waals surface area contributed by atoms with Gasteiger partial charge in [0.25, 0.3) is 0 Å². The molecule has 0 atom stereocenters. The average molecular weight is 264 g/mol. The molecule has 94 valence electrons. The molecule has 1 aliphatic rings. The summed E-state index contributed by atoms with van der Waals surface area (Å²) in [4.78, 5) is 12.0. The number of nitrogens with zero attached hydrogens (tertiary/aromatic N) is 4. The number of furan rings is 1. The third kappa shape index (κ3) is 1.71. The minimum atomic E-state index is 0.0594. The minimum Gasteiger partial charge on any atom is -0.461 e. The zero-order chi connectivity index (χ0) is 12.5. The van der Waals surface area contributed by atoms with Gasteiger partial charge in [-0.1, -0.05) is 18.7 Å². The monoisotopic (exact) mass is 264 g/mol. The maximum atomic E-state index is 12.0. The van der Waals surface area contributed by atoms with Crippen molar-refractivity contribution in [2.75, 3.05) is 17.3 Å². The molecule has 3 rings (SSSR count). The number of fused-ring (bicyclic) bond motifs is 1. The zero-order valence-corrected chi connectivity index (χ0v) is 10.7. The van der Waals surface area contributed by atoms with Crippen LogP contribution in [0.2, 0.25) is 0 Å². The summed E-state index contributed by atoms with van der Waals surface area (Å²) < 4.78 is 7.08. The highest BCUT2D eigenvalue weighted by molar-refractivity contribution is 7.99. The summed E-state index contributed by atoms with van der Waals surface area (Å²) in [6.07, 6.45) is 2.04. The Kier molecular flexibility index (Phi) is 2.83. The second-order valence-corrected chi connectivity index (χ2v) is 4.88. The first-order valence-corrected chi connectivity index (χ1v) is 6.72. The molecule has 0 bridgehead atoms. The third-order valence-corrected chi connectivity index (χ3v) is 3.62. The predicted octanol–water partition coefficient (Wildman–Crippen LogP) is 1.52. The normalized spacial score (nSPS) is 14.6. The van der Waals surface area contributed by atoms with Gasteiger partial charge in [-0.25, -0.2) is 9.69 Å². The van der Waals surface area contributed by atoms with Crippen LogP contribution in [-0.4, -0.2) is 33.1 Å². The van der Waals surface area contributed by atoms with Crippen LogP contribution >= 0.6 is 11.8 Å². The molecule has 0 fully saturated rings. The highest BCUT2D eigenvalue weighted by atomic mass is 32.2. The number of hydrogen-bond acceptors (Lipinski definition) is 5. The summed E-state index contributed by atoms with van der Waals surface area (Å²) in [5.74, 6) is 2.08. The number of carbonyl (C=O) groups is 1. The molecule has 0 unspecified atom stereocenters. The van der Waals surface area contributed by atoms with Crippen LogP contribution < -0.4 is 5.01 Å². The van der Waals surface area contributed by atoms with Crippen molar-refractivity contribution in [3.8, 4) is 11.6 Å². The Morgan fingerprint density at radius 1 is 1.56 bits per heavy atom. The minimum absolute atomic E-state index is 0.0594. The van der Waals surface area contributed by atoms with Crippen molar-refractivity contribution >= 4 is 17.7 Å². The molecule has 3 heterocycles. The largest absolute Gasteiger partial charge is 0.461 e. The quantitative estimate of drug-likeness (QED) is 0.822. The van der Waals surface area contributed by atoms with Gasteiger partial charge in [-0.2, -0.15) is 0 Å². The van der Waals surface area contributed by atoms with Crippen LogP contribution in [-0.2, 0) is 4.79 Å². The van der Waals surface area contributed by atoms with Gasteiger partial charge in [-0.3, -0.25) is 4.79 Å². The van der Waals surface area contributed by atoms with Crippen LogP contribution in [0.4, 0.5) is 0 Å². The summed E-state index contributed by atoms with van der Waals surface area (Å²) in [5, 5.41) is 10.6. The summed E-state index contributed by atoms with van der Waals surface area (Å²) in [7, 11) is 0. The molecule has 0 radical (unpaired) electrons. The number of aromatic nitrogens is 3. The van der Waals surface area contributed by atoms with Crippen molar-refractivity contribution < 1.29 is 9.21 Å². The van der Waals surface area contributed by atoms with Crippen molar-refractivity contribution in [3.05, 3.63) is 18.4 Å². The summed E-state index contributed by atoms with van der Waals surface area (Å²) >= 11 is 1.59. The Balaban J connectivity index is 2.09. The third-order valence-electron chi connectivity index (χ3n) is 2.72. The first-order valence-electron chi connectivity index (χ1n) is 5.74. The first kappa shape index (κ1) is 11.3. The molecule has 0 aromatic carbocycles. The molecule has 0 saturated heterocycles. The number of rotatable bonds is 2. The van der Waals surface area contributed by atoms with Crippen molar-refractivity contribution in [2.24, 2.45) is 0 Å². The predicted molar refractivity (Wildman–Crippen MR) is 66.8 cm³/mol. The molecule has 1 amide bonds. The van der Waals surface area contributed by atoms with E-state index in [1.807, 2.05) is 13.0 Å². The Labute approximate surface area is 108 Å². The lowest BCUT2D eigenvalue weighted by atomic mass is 10.4. The fourth-order valence-electron chi connectivity index (χ4n) is 1.87. The molecular weight excluding hydrogens is 252 g/mol. The lowest BCUT2D eigenvalue weighted by Gasteiger charge is -2.28. The SMILES string of the molecule is CCC(=O)N1CCSc2nnc(-c3ccco3)n21. The van der Waals surface area contributed by atoms with E-state index in [0.29, 0.717) is 24.6 Å². The van der Waals surface area contributed by atoms with E-state index in [1.54, 1.807) is 33.8 Å². The topological polar surface area (TPSA) is 64.2 Å². The molecule has 6 nitrogen and oxygen atoms in total. The van der Waals surface area contributed by atoms with Crippen LogP contribution in [0.25, 0.3) is 11.6 Å². The second-order valence-electron chi connectivity index (χ2n) is 3.81. The molecule has 2 aromatic heterocycles. The van der Waals surface area contributed by atoms with Gasteiger partial charge in [0.2, 0.25) is 16.9 Å². The number of amides is 1. The molecular formula is C11H12N4O2S. The zero-order valence-electron chi connectivity index (χ0n) is 9.87. The van der Waals surface area contributed by atoms with E-state index in [4.69, 9.17) is 4.42 Å². The smallest absolute Gasteiger partial charge is 0.241 e. The van der Waals surface area contributed by atoms with Gasteiger partial charge in [0.15, 0.2) is 5.76 Å². The summed E-state index contributed by atoms with van der Waals surface area (Å²) in [6, 6.07) is 3.60. The van der Waals surface area contributed by atoms with Crippen molar-refractivity contribution in [3.63, 3.8) is 0 Å². The molecule has 0 saturated carbocycles. The molecule has 7 heteroatoms. The Bertz CT molecular complexity index is 564. The van der Waals surface area contributed by atoms with E-state index in [1.165, 1.54) is 0 Å². The van der Waals surface area contributed by atoms with Crippen molar-refractivity contribution in [1.29, 1.82) is 0 Å². The van der Waals surface area contributed by atoms with E-state index >= 15 is 0 Å². The first-order chi connectivity index (χ1) is 8.81. The van der Waals surface area contributed by atoms with Gasteiger partial charge >= 0.3 is 0 Å². The molecule has 18 heavy (non-hydrogen) atoms. The van der Waals surface area contributed by atoms with Gasteiger partial charge in [0, 0.05) is 12.2 Å². The second kappa shape index (κ2) is 4.49. The van der Waals surface area contributed by atoms with Gasteiger partial charge in [0.1, 0.15) is 0 Å².